The summed E-state index contributed by atoms with van der Waals surface area (Å²) in [5.41, 5.74) is 0.160. The molecule has 43 heteroatoms. The summed E-state index contributed by atoms with van der Waals surface area (Å²) in [5.74, 6) is 2.10. The maximum Gasteiger partial charge on any atom is 0.369 e. The molecule has 79 heavy (non-hydrogen) atoms. The fraction of sp³-hybridized carbons (Fsp3) is 0.222. The fourth-order valence-corrected chi connectivity index (χ4v) is 9.04. The van der Waals surface area contributed by atoms with Gasteiger partial charge in [0.25, 0.3) is 0 Å². The highest BCUT2D eigenvalue weighted by Crippen LogP contribution is 2.29. The van der Waals surface area contributed by atoms with Gasteiger partial charge >= 0.3 is 22.8 Å². The highest BCUT2D eigenvalue weighted by Gasteiger charge is 2.23. The first kappa shape index (κ1) is 49.3. The van der Waals surface area contributed by atoms with Crippen LogP contribution in [-0.2, 0) is 54.6 Å². The van der Waals surface area contributed by atoms with Crippen molar-refractivity contribution in [1.29, 1.82) is 0 Å². The summed E-state index contributed by atoms with van der Waals surface area (Å²) in [6.07, 6.45) is 5.70. The lowest BCUT2D eigenvalue weighted by atomic mass is 10.3. The van der Waals surface area contributed by atoms with E-state index in [9.17, 15) is 23.6 Å². The molecule has 0 bridgehead atoms. The summed E-state index contributed by atoms with van der Waals surface area (Å²) in [7, 11) is 5.92. The van der Waals surface area contributed by atoms with Gasteiger partial charge in [-0.1, -0.05) is 11.6 Å². The molecular formula is C36H33BrClFN28O8S4. The molecule has 12 rings (SSSR count). The third-order valence-electron chi connectivity index (χ3n) is 9.70. The van der Waals surface area contributed by atoms with Crippen LogP contribution >= 0.6 is 73.7 Å². The van der Waals surface area contributed by atoms with E-state index in [1.54, 1.807) is 17.5 Å². The van der Waals surface area contributed by atoms with Crippen molar-refractivity contribution in [2.45, 2.75) is 26.4 Å². The number of hydrogen-bond donors (Lipinski definition) is 4. The highest BCUT2D eigenvalue weighted by atomic mass is 79.9. The molecule has 0 aromatic carbocycles. The van der Waals surface area contributed by atoms with Crippen molar-refractivity contribution in [2.75, 3.05) is 0 Å². The normalized spacial score (nSPS) is 11.6. The molecule has 4 N–H and O–H groups in total. The number of aromatic amines is 4. The summed E-state index contributed by atoms with van der Waals surface area (Å²) in [6, 6.07) is 6.13. The van der Waals surface area contributed by atoms with E-state index in [0.29, 0.717) is 56.0 Å². The van der Waals surface area contributed by atoms with Gasteiger partial charge in [0.05, 0.1) is 20.5 Å². The average molecular weight is 1260 g/mol. The predicted molar refractivity (Wildman–Crippen MR) is 273 cm³/mol. The second-order valence-corrected chi connectivity index (χ2v) is 19.6. The van der Waals surface area contributed by atoms with Gasteiger partial charge in [0, 0.05) is 88.2 Å². The van der Waals surface area contributed by atoms with Crippen LogP contribution in [0, 0.1) is 5.13 Å². The van der Waals surface area contributed by atoms with Crippen LogP contribution in [0.2, 0.25) is 9.98 Å². The van der Waals surface area contributed by atoms with Crippen molar-refractivity contribution in [3.8, 4) is 46.8 Å². The SMILES string of the molecule is [3H]n1ccc(OCc2c(-n3nnn(C)c3=O)nsc2Br)n1.[3H]n1ccc(OCc2c(-n3nnn(C)c3=O)nsc2Cl)n1.[3H]n1ccc(OCc2c(-n3nnn(C)c3=O)nsc2F)n1.[3H]n1ccc(OCc2csnc2-n2nnn(C)c2=O)n1. The number of rotatable bonds is 16. The van der Waals surface area contributed by atoms with E-state index in [1.807, 2.05) is 0 Å². The Hall–Kier alpha value is -9.26. The van der Waals surface area contributed by atoms with Gasteiger partial charge in [-0.25, -0.2) is 19.2 Å². The van der Waals surface area contributed by atoms with Crippen LogP contribution in [0.3, 0.4) is 0 Å². The predicted octanol–water partition coefficient (Wildman–Crippen LogP) is 0.453. The van der Waals surface area contributed by atoms with Crippen LogP contribution in [0.25, 0.3) is 23.3 Å². The van der Waals surface area contributed by atoms with Crippen LogP contribution in [0.4, 0.5) is 4.39 Å². The van der Waals surface area contributed by atoms with Crippen LogP contribution in [-0.4, -0.2) is 137 Å². The molecule has 0 saturated heterocycles. The van der Waals surface area contributed by atoms with E-state index in [-0.39, 0.29) is 61.1 Å². The first-order chi connectivity index (χ1) is 39.8. The molecule has 12 aromatic heterocycles. The number of aryl methyl sites for hydroxylation is 4. The van der Waals surface area contributed by atoms with Crippen LogP contribution in [0.5, 0.6) is 23.5 Å². The minimum atomic E-state index is -0.590. The molecule has 0 saturated carbocycles. The van der Waals surface area contributed by atoms with Gasteiger partial charge in [0.15, 0.2) is 28.9 Å². The van der Waals surface area contributed by atoms with Crippen molar-refractivity contribution in [2.24, 2.45) is 28.2 Å². The number of nitrogens with one attached hydrogen (secondary N) is 4. The summed E-state index contributed by atoms with van der Waals surface area (Å²) >= 11 is 13.4. The van der Waals surface area contributed by atoms with Crippen molar-refractivity contribution in [3.05, 3.63) is 132 Å². The third kappa shape index (κ3) is 12.6. The minimum absolute atomic E-state index is 0.0286. The van der Waals surface area contributed by atoms with Gasteiger partial charge < -0.3 is 18.9 Å². The Labute approximate surface area is 471 Å². The molecule has 0 fully saturated rings. The summed E-state index contributed by atoms with van der Waals surface area (Å²) < 4.78 is 90.1. The maximum absolute atomic E-state index is 13.8. The fourth-order valence-electron chi connectivity index (χ4n) is 5.80. The zero-order valence-electron chi connectivity index (χ0n) is 44.1. The van der Waals surface area contributed by atoms with E-state index in [1.165, 1.54) is 88.2 Å². The standard InChI is InChI=1S/C9H8BrN7O2S.C9H8ClN7O2S.C9H8FN7O2S.C9H9N7O2S/c3*1-16-9(18)17(15-14-16)8-5(7(10)20-13-8)4-19-6-2-3-11-12-6;1-15-9(17)16(14-13-15)8-6(5-19-12-8)4-18-7-2-3-10-11-7/h3*2-3H,4H2,1H3,(H,11,12);2-3,5H,4H2,1H3,(H,10,11)/i/hT4. The Kier molecular flexibility index (Phi) is 15.5. The lowest BCUT2D eigenvalue weighted by molar-refractivity contribution is 0.288. The van der Waals surface area contributed by atoms with Crippen molar-refractivity contribution >= 4 is 73.7 Å². The van der Waals surface area contributed by atoms with Crippen LogP contribution in [0.15, 0.2) is 77.4 Å². The van der Waals surface area contributed by atoms with Crippen LogP contribution < -0.4 is 41.7 Å². The summed E-state index contributed by atoms with van der Waals surface area (Å²) in [5, 5.41) is 48.9. The molecule has 0 radical (unpaired) electrons. The molecule has 410 valence electrons. The smallest absolute Gasteiger partial charge is 0.369 e. The summed E-state index contributed by atoms with van der Waals surface area (Å²) in [6.45, 7) is 0.153. The molecule has 0 unspecified atom stereocenters. The zero-order valence-corrected chi connectivity index (χ0v) is 45.7. The van der Waals surface area contributed by atoms with E-state index in [2.05, 4.69) is 95.5 Å². The Bertz CT molecular complexity index is 4070. The Morgan fingerprint density at radius 1 is 0.519 bits per heavy atom. The molecule has 0 aliphatic rings. The van der Waals surface area contributed by atoms with Crippen molar-refractivity contribution < 1.29 is 29.0 Å². The van der Waals surface area contributed by atoms with Gasteiger partial charge in [0.2, 0.25) is 28.7 Å². The highest BCUT2D eigenvalue weighted by molar-refractivity contribution is 9.11. The Morgan fingerprint density at radius 2 is 0.886 bits per heavy atom. The molecule has 36 nitrogen and oxygen atoms in total. The topological polar surface area (TPSA) is 414 Å². The number of nitrogens with zero attached hydrogens (tertiary/aromatic N) is 24. The van der Waals surface area contributed by atoms with E-state index in [4.69, 9.17) is 36.2 Å². The molecule has 12 heterocycles. The molecule has 0 atom stereocenters. The lowest BCUT2D eigenvalue weighted by Crippen LogP contribution is -2.23. The number of aromatic nitrogens is 28. The average Bonchev–Trinajstić information content (AvgIpc) is 4.34. The second kappa shape index (κ2) is 24.8. The Morgan fingerprint density at radius 3 is 1.30 bits per heavy atom. The van der Waals surface area contributed by atoms with E-state index < -0.39 is 22.2 Å². The van der Waals surface area contributed by atoms with E-state index >= 15 is 0 Å². The summed E-state index contributed by atoms with van der Waals surface area (Å²) in [4.78, 5) is 47.3. The minimum Gasteiger partial charge on any atom is -0.472 e. The van der Waals surface area contributed by atoms with Gasteiger partial charge in [-0.15, -0.1) is 39.1 Å². The number of H-pyrrole nitrogens is 4. The van der Waals surface area contributed by atoms with Gasteiger partial charge in [-0.05, 0) is 104 Å². The molecule has 0 aliphatic heterocycles. The van der Waals surface area contributed by atoms with Gasteiger partial charge in [0.1, 0.15) is 30.8 Å². The molecule has 0 amide bonds. The van der Waals surface area contributed by atoms with Gasteiger partial charge in [-0.2, -0.15) is 40.6 Å². The number of ether oxygens (including phenoxy) is 4. The Balaban J connectivity index is 0.000000133. The first-order valence-corrected chi connectivity index (χ1v) is 25.7. The molecule has 0 aliphatic carbocycles. The molecule has 12 aromatic rings. The number of halogens is 3. The van der Waals surface area contributed by atoms with E-state index in [0.717, 1.165) is 73.1 Å². The quantitative estimate of drug-likeness (QED) is 0.102. The van der Waals surface area contributed by atoms with Crippen molar-refractivity contribution in [3.63, 3.8) is 0 Å². The maximum atomic E-state index is 13.8. The molecular weight excluding hydrogens is 1220 g/mol. The monoisotopic (exact) mass is 1250 g/mol. The third-order valence-corrected chi connectivity index (χ3v) is 13.7. The van der Waals surface area contributed by atoms with Crippen molar-refractivity contribution in [1.82, 2.24) is 137 Å². The van der Waals surface area contributed by atoms with Gasteiger partial charge in [-0.3, -0.25) is 20.4 Å². The second-order valence-electron chi connectivity index (χ2n) is 14.8. The van der Waals surface area contributed by atoms with Crippen LogP contribution in [0.1, 0.15) is 22.3 Å². The largest absolute Gasteiger partial charge is 0.472 e. The first-order valence-electron chi connectivity index (χ1n) is 23.2. The number of tetrazole rings is 4. The molecule has 0 spiro atoms. The lowest BCUT2D eigenvalue weighted by Gasteiger charge is -2.03. The zero-order chi connectivity index (χ0) is 59.1. The number of hydrogen-bond acceptors (Lipinski definition) is 28.